The molecule has 1 radical (unpaired) electrons. The predicted molar refractivity (Wildman–Crippen MR) is 37.2 cm³/mol. The van der Waals surface area contributed by atoms with E-state index < -0.39 is 24.2 Å². The van der Waals surface area contributed by atoms with Gasteiger partial charge in [-0.3, -0.25) is 0 Å². The average Bonchev–Trinajstić information content (AvgIpc) is 2.05. The van der Waals surface area contributed by atoms with E-state index in [2.05, 4.69) is 0 Å². The van der Waals surface area contributed by atoms with Crippen LogP contribution < -0.4 is 0 Å². The summed E-state index contributed by atoms with van der Waals surface area (Å²) in [6.45, 7) is 0. The molecular formula is C7H5O2Pb. The summed E-state index contributed by atoms with van der Waals surface area (Å²) in [6, 6.07) is 8.74. The van der Waals surface area contributed by atoms with E-state index in [4.69, 9.17) is 0 Å². The first-order valence-electron chi connectivity index (χ1n) is 2.82. The van der Waals surface area contributed by atoms with Crippen molar-refractivity contribution >= 4 is 27.6 Å². The van der Waals surface area contributed by atoms with Crippen LogP contribution in [-0.2, 0) is 2.69 Å². The van der Waals surface area contributed by atoms with Gasteiger partial charge in [0.25, 0.3) is 0 Å². The minimum atomic E-state index is -2.18. The van der Waals surface area contributed by atoms with Crippen LogP contribution in [0.5, 0.6) is 0 Å². The third-order valence-electron chi connectivity index (χ3n) is 1.13. The molecule has 0 aliphatic carbocycles. The van der Waals surface area contributed by atoms with Gasteiger partial charge in [-0.25, -0.2) is 0 Å². The Kier molecular flexibility index (Phi) is 2.86. The molecular weight excluding hydrogens is 323 g/mol. The van der Waals surface area contributed by atoms with Crippen LogP contribution >= 0.6 is 0 Å². The van der Waals surface area contributed by atoms with E-state index in [0.717, 1.165) is 0 Å². The van der Waals surface area contributed by atoms with Crippen molar-refractivity contribution in [1.82, 2.24) is 0 Å². The first kappa shape index (κ1) is 7.72. The molecule has 0 N–H and O–H groups in total. The van der Waals surface area contributed by atoms with Crippen molar-refractivity contribution in [2.75, 3.05) is 0 Å². The second-order valence-electron chi connectivity index (χ2n) is 1.80. The molecule has 2 nitrogen and oxygen atoms in total. The van der Waals surface area contributed by atoms with Gasteiger partial charge in [0.05, 0.1) is 0 Å². The third-order valence-corrected chi connectivity index (χ3v) is 2.97. The van der Waals surface area contributed by atoms with Gasteiger partial charge in [0.15, 0.2) is 0 Å². The molecule has 0 saturated heterocycles. The summed E-state index contributed by atoms with van der Waals surface area (Å²) in [5.41, 5.74) is 0.584. The second kappa shape index (κ2) is 3.70. The number of benzene rings is 1. The fourth-order valence-corrected chi connectivity index (χ4v) is 1.75. The summed E-state index contributed by atoms with van der Waals surface area (Å²) >= 11 is -2.18. The first-order valence-corrected chi connectivity index (χ1v) is 6.35. The molecule has 0 unspecified atom stereocenters. The molecule has 3 heteroatoms. The van der Waals surface area contributed by atoms with Crippen molar-refractivity contribution in [2.24, 2.45) is 0 Å². The number of rotatable bonds is 2. The zero-order valence-electron chi connectivity index (χ0n) is 5.20. The molecule has 1 aromatic carbocycles. The van der Waals surface area contributed by atoms with Gasteiger partial charge in [0.2, 0.25) is 0 Å². The van der Waals surface area contributed by atoms with Crippen molar-refractivity contribution in [2.45, 2.75) is 0 Å². The van der Waals surface area contributed by atoms with Crippen LogP contribution in [-0.4, -0.2) is 27.6 Å². The number of carbonyl (C=O) groups is 1. The topological polar surface area (TPSA) is 34.1 Å². The zero-order valence-corrected chi connectivity index (χ0v) is 9.09. The van der Waals surface area contributed by atoms with E-state index in [9.17, 15) is 7.48 Å². The normalized spacial score (nSPS) is 8.80. The molecule has 10 heavy (non-hydrogen) atoms. The van der Waals surface area contributed by atoms with E-state index >= 15 is 0 Å². The van der Waals surface area contributed by atoms with Gasteiger partial charge < -0.3 is 0 Å². The zero-order chi connectivity index (χ0) is 7.40. The Bertz CT molecular complexity index is 243. The average molecular weight is 328 g/mol. The summed E-state index contributed by atoms with van der Waals surface area (Å²) in [7, 11) is 0. The Morgan fingerprint density at radius 3 is 2.30 bits per heavy atom. The second-order valence-corrected chi connectivity index (χ2v) is 4.36. The van der Waals surface area contributed by atoms with E-state index in [1.54, 1.807) is 24.3 Å². The molecule has 0 fully saturated rings. The summed E-state index contributed by atoms with van der Waals surface area (Å²) < 4.78 is 10.1. The number of hydrogen-bond acceptors (Lipinski definition) is 2. The van der Waals surface area contributed by atoms with Gasteiger partial charge in [-0.2, -0.15) is 0 Å². The van der Waals surface area contributed by atoms with Crippen molar-refractivity contribution in [1.29, 1.82) is 0 Å². The van der Waals surface area contributed by atoms with Crippen LogP contribution in [0.1, 0.15) is 10.4 Å². The molecule has 0 aromatic heterocycles. The molecule has 0 spiro atoms. The first-order chi connectivity index (χ1) is 4.84. The van der Waals surface area contributed by atoms with E-state index in [0.29, 0.717) is 5.56 Å². The van der Waals surface area contributed by atoms with Crippen LogP contribution in [0.15, 0.2) is 30.3 Å². The number of hydrogen-bond donors (Lipinski definition) is 0. The summed E-state index contributed by atoms with van der Waals surface area (Å²) in [6.07, 6.45) is 0. The standard InChI is InChI=1S/C7H5O.O.Pb/c8-6-7-4-2-1-3-5-7;;/h1-5H;;. The Hall–Kier alpha value is -0.388. The van der Waals surface area contributed by atoms with Crippen molar-refractivity contribution in [3.63, 3.8) is 0 Å². The molecule has 0 atom stereocenters. The van der Waals surface area contributed by atoms with Gasteiger partial charge in [-0.15, -0.1) is 0 Å². The van der Waals surface area contributed by atoms with Gasteiger partial charge in [0, 0.05) is 0 Å². The summed E-state index contributed by atoms with van der Waals surface area (Å²) in [4.78, 5) is 10.8. The molecule has 0 amide bonds. The van der Waals surface area contributed by atoms with Crippen LogP contribution in [0.4, 0.5) is 0 Å². The van der Waals surface area contributed by atoms with Crippen LogP contribution in [0.3, 0.4) is 0 Å². The van der Waals surface area contributed by atoms with E-state index in [1.807, 2.05) is 6.07 Å². The Labute approximate surface area is 70.9 Å². The van der Waals surface area contributed by atoms with Crippen molar-refractivity contribution in [3.8, 4) is 0 Å². The number of carbonyl (C=O) groups excluding carboxylic acids is 1. The molecule has 49 valence electrons. The quantitative estimate of drug-likeness (QED) is 0.755. The molecule has 0 aliphatic heterocycles. The van der Waals surface area contributed by atoms with Crippen LogP contribution in [0.25, 0.3) is 0 Å². The molecule has 0 bridgehead atoms. The summed E-state index contributed by atoms with van der Waals surface area (Å²) in [5.74, 6) is 0. The molecule has 1 rings (SSSR count). The molecule has 0 heterocycles. The monoisotopic (exact) mass is 329 g/mol. The maximum absolute atomic E-state index is 10.8. The van der Waals surface area contributed by atoms with Gasteiger partial charge in [-0.1, -0.05) is 0 Å². The Morgan fingerprint density at radius 1 is 1.20 bits per heavy atom. The maximum atomic E-state index is 10.8. The molecule has 0 aliphatic rings. The molecule has 1 aromatic rings. The van der Waals surface area contributed by atoms with Gasteiger partial charge in [-0.05, 0) is 0 Å². The Morgan fingerprint density at radius 2 is 1.80 bits per heavy atom. The van der Waals surface area contributed by atoms with E-state index in [-0.39, 0.29) is 3.34 Å². The van der Waals surface area contributed by atoms with Gasteiger partial charge in [0.1, 0.15) is 0 Å². The predicted octanol–water partition coefficient (Wildman–Crippen LogP) is 0.876. The van der Waals surface area contributed by atoms with Crippen LogP contribution in [0, 0.1) is 0 Å². The fraction of sp³-hybridized carbons (Fsp3) is 0. The van der Waals surface area contributed by atoms with E-state index in [1.165, 1.54) is 0 Å². The Balaban J connectivity index is 2.95. The van der Waals surface area contributed by atoms with Crippen LogP contribution in [0.2, 0.25) is 0 Å². The molecule has 0 saturated carbocycles. The van der Waals surface area contributed by atoms with Crippen molar-refractivity contribution in [3.05, 3.63) is 35.9 Å². The minimum absolute atomic E-state index is 0.152. The summed E-state index contributed by atoms with van der Waals surface area (Å²) in [5, 5.41) is 0. The van der Waals surface area contributed by atoms with Gasteiger partial charge >= 0.3 is 71.0 Å². The third kappa shape index (κ3) is 1.80. The van der Waals surface area contributed by atoms with Crippen molar-refractivity contribution < 1.29 is 7.48 Å². The SMILES string of the molecule is [O]=[Pb][C](=O)c1ccccc1. The fourth-order valence-electron chi connectivity index (χ4n) is 0.648.